The number of aryl methyl sites for hydroxylation is 1. The number of anilines is 1. The van der Waals surface area contributed by atoms with Gasteiger partial charge in [-0.3, -0.25) is 9.59 Å². The molecular formula is C35H47N3O5. The SMILES string of the molecule is CCCCCCCN(C(=O)C(CO)NC(=O)OC(C)(C)C)C(C(=O)Nc1ccc2ccccc2c1)c1ccc(CC)cc1. The van der Waals surface area contributed by atoms with Crippen LogP contribution in [0.3, 0.4) is 0 Å². The number of carbonyl (C=O) groups excluding carboxylic acids is 3. The molecule has 0 bridgehead atoms. The van der Waals surface area contributed by atoms with Crippen LogP contribution < -0.4 is 10.6 Å². The highest BCUT2D eigenvalue weighted by Gasteiger charge is 2.36. The number of aliphatic hydroxyl groups is 1. The van der Waals surface area contributed by atoms with E-state index in [1.54, 1.807) is 20.8 Å². The lowest BCUT2D eigenvalue weighted by atomic mass is 9.99. The van der Waals surface area contributed by atoms with E-state index < -0.39 is 36.3 Å². The van der Waals surface area contributed by atoms with Gasteiger partial charge in [-0.15, -0.1) is 0 Å². The number of benzene rings is 3. The second kappa shape index (κ2) is 16.1. The minimum absolute atomic E-state index is 0.278. The van der Waals surface area contributed by atoms with Gasteiger partial charge in [-0.2, -0.15) is 0 Å². The van der Waals surface area contributed by atoms with E-state index in [2.05, 4.69) is 24.5 Å². The molecule has 0 aromatic heterocycles. The molecule has 0 saturated carbocycles. The Balaban J connectivity index is 1.99. The van der Waals surface area contributed by atoms with Gasteiger partial charge in [0.25, 0.3) is 5.91 Å². The molecule has 3 aromatic carbocycles. The van der Waals surface area contributed by atoms with Crippen molar-refractivity contribution in [1.82, 2.24) is 10.2 Å². The number of hydrogen-bond acceptors (Lipinski definition) is 5. The summed E-state index contributed by atoms with van der Waals surface area (Å²) >= 11 is 0. The molecule has 43 heavy (non-hydrogen) atoms. The topological polar surface area (TPSA) is 108 Å². The van der Waals surface area contributed by atoms with Crippen LogP contribution in [0.15, 0.2) is 66.7 Å². The second-order valence-electron chi connectivity index (χ2n) is 11.9. The third kappa shape index (κ3) is 10.1. The summed E-state index contributed by atoms with van der Waals surface area (Å²) in [6.45, 7) is 8.99. The van der Waals surface area contributed by atoms with Gasteiger partial charge in [0.2, 0.25) is 5.91 Å². The fourth-order valence-electron chi connectivity index (χ4n) is 4.97. The van der Waals surface area contributed by atoms with Crippen molar-refractivity contribution in [2.75, 3.05) is 18.5 Å². The Hall–Kier alpha value is -3.91. The van der Waals surface area contributed by atoms with E-state index in [0.29, 0.717) is 17.7 Å². The van der Waals surface area contributed by atoms with Gasteiger partial charge in [0.05, 0.1) is 6.61 Å². The number of hydrogen-bond donors (Lipinski definition) is 3. The van der Waals surface area contributed by atoms with Crippen LogP contribution in [-0.2, 0) is 20.7 Å². The van der Waals surface area contributed by atoms with E-state index in [1.807, 2.05) is 66.7 Å². The first-order valence-corrected chi connectivity index (χ1v) is 15.4. The Bertz CT molecular complexity index is 1350. The predicted octanol–water partition coefficient (Wildman–Crippen LogP) is 6.77. The zero-order valence-electron chi connectivity index (χ0n) is 26.2. The van der Waals surface area contributed by atoms with Crippen molar-refractivity contribution < 1.29 is 24.2 Å². The molecule has 0 aliphatic carbocycles. The van der Waals surface area contributed by atoms with E-state index in [1.165, 1.54) is 4.90 Å². The number of nitrogens with zero attached hydrogens (tertiary/aromatic N) is 1. The first-order valence-electron chi connectivity index (χ1n) is 15.4. The molecule has 232 valence electrons. The van der Waals surface area contributed by atoms with Crippen LogP contribution in [0.5, 0.6) is 0 Å². The van der Waals surface area contributed by atoms with Crippen molar-refractivity contribution in [2.45, 2.75) is 90.8 Å². The Morgan fingerprint density at radius 1 is 0.884 bits per heavy atom. The van der Waals surface area contributed by atoms with Crippen LogP contribution >= 0.6 is 0 Å². The number of carbonyl (C=O) groups is 3. The molecular weight excluding hydrogens is 542 g/mol. The molecule has 3 aromatic rings. The quantitative estimate of drug-likeness (QED) is 0.180. The third-order valence-electron chi connectivity index (χ3n) is 7.24. The highest BCUT2D eigenvalue weighted by Crippen LogP contribution is 2.27. The smallest absolute Gasteiger partial charge is 0.408 e. The van der Waals surface area contributed by atoms with Crippen molar-refractivity contribution in [3.8, 4) is 0 Å². The molecule has 0 saturated heterocycles. The third-order valence-corrected chi connectivity index (χ3v) is 7.24. The molecule has 0 fully saturated rings. The second-order valence-corrected chi connectivity index (χ2v) is 11.9. The Kier molecular flexibility index (Phi) is 12.6. The minimum atomic E-state index is -1.28. The van der Waals surface area contributed by atoms with E-state index >= 15 is 0 Å². The lowest BCUT2D eigenvalue weighted by Gasteiger charge is -2.34. The molecule has 0 heterocycles. The van der Waals surface area contributed by atoms with Crippen molar-refractivity contribution in [3.63, 3.8) is 0 Å². The fraction of sp³-hybridized carbons (Fsp3) is 0.457. The number of aliphatic hydroxyl groups excluding tert-OH is 1. The number of unbranched alkanes of at least 4 members (excludes halogenated alkanes) is 4. The number of rotatable bonds is 14. The Morgan fingerprint density at radius 2 is 1.56 bits per heavy atom. The summed E-state index contributed by atoms with van der Waals surface area (Å²) in [4.78, 5) is 42.3. The number of nitrogens with one attached hydrogen (secondary N) is 2. The van der Waals surface area contributed by atoms with Crippen LogP contribution in [0.4, 0.5) is 10.5 Å². The molecule has 0 spiro atoms. The van der Waals surface area contributed by atoms with Crippen molar-refractivity contribution >= 4 is 34.4 Å². The zero-order valence-corrected chi connectivity index (χ0v) is 26.2. The minimum Gasteiger partial charge on any atom is -0.444 e. The van der Waals surface area contributed by atoms with Gasteiger partial charge in [-0.1, -0.05) is 94.1 Å². The lowest BCUT2D eigenvalue weighted by Crippen LogP contribution is -2.54. The first-order chi connectivity index (χ1) is 20.6. The monoisotopic (exact) mass is 589 g/mol. The lowest BCUT2D eigenvalue weighted by molar-refractivity contribution is -0.141. The number of alkyl carbamates (subject to hydrolysis) is 1. The molecule has 0 aliphatic rings. The normalized spacial score (nSPS) is 12.8. The van der Waals surface area contributed by atoms with Crippen LogP contribution in [0.25, 0.3) is 10.8 Å². The molecule has 3 N–H and O–H groups in total. The van der Waals surface area contributed by atoms with Crippen molar-refractivity contribution in [1.29, 1.82) is 0 Å². The summed E-state index contributed by atoms with van der Waals surface area (Å²) in [5.41, 5.74) is 1.58. The maximum atomic E-state index is 14.1. The number of ether oxygens (including phenoxy) is 1. The van der Waals surface area contributed by atoms with Gasteiger partial charge in [0, 0.05) is 12.2 Å². The summed E-state index contributed by atoms with van der Waals surface area (Å²) in [5.74, 6) is -0.933. The summed E-state index contributed by atoms with van der Waals surface area (Å²) in [6, 6.07) is 19.0. The number of amides is 3. The summed E-state index contributed by atoms with van der Waals surface area (Å²) < 4.78 is 5.35. The van der Waals surface area contributed by atoms with E-state index in [-0.39, 0.29) is 12.5 Å². The molecule has 2 atom stereocenters. The Labute approximate surface area is 255 Å². The first kappa shape index (κ1) is 33.6. The van der Waals surface area contributed by atoms with Gasteiger partial charge in [0.1, 0.15) is 17.7 Å². The van der Waals surface area contributed by atoms with Gasteiger partial charge in [-0.05, 0) is 67.6 Å². The van der Waals surface area contributed by atoms with E-state index in [4.69, 9.17) is 4.74 Å². The van der Waals surface area contributed by atoms with Gasteiger partial charge in [-0.25, -0.2) is 4.79 Å². The summed E-state index contributed by atoms with van der Waals surface area (Å²) in [5, 5.41) is 17.8. The van der Waals surface area contributed by atoms with Gasteiger partial charge in [0.15, 0.2) is 0 Å². The largest absolute Gasteiger partial charge is 0.444 e. The summed E-state index contributed by atoms with van der Waals surface area (Å²) in [6.07, 6.45) is 4.75. The summed E-state index contributed by atoms with van der Waals surface area (Å²) in [7, 11) is 0. The molecule has 8 heteroatoms. The van der Waals surface area contributed by atoms with E-state index in [0.717, 1.165) is 48.4 Å². The maximum Gasteiger partial charge on any atom is 0.408 e. The molecule has 3 amide bonds. The molecule has 8 nitrogen and oxygen atoms in total. The standard InChI is InChI=1S/C35H47N3O5/c1-6-8-9-10-13-22-38(33(41)30(24-39)37-34(42)43-35(3,4)5)31(27-18-16-25(7-2)17-19-27)32(40)36-29-21-20-26-14-11-12-15-28(26)23-29/h11-12,14-21,23,30-31,39H,6-10,13,22,24H2,1-5H3,(H,36,40)(H,37,42). The molecule has 0 radical (unpaired) electrons. The fourth-order valence-corrected chi connectivity index (χ4v) is 4.97. The van der Waals surface area contributed by atoms with Gasteiger partial charge >= 0.3 is 6.09 Å². The average molecular weight is 590 g/mol. The highest BCUT2D eigenvalue weighted by molar-refractivity contribution is 6.00. The average Bonchev–Trinajstić information content (AvgIpc) is 2.98. The maximum absolute atomic E-state index is 14.1. The van der Waals surface area contributed by atoms with Crippen LogP contribution in [-0.4, -0.2) is 52.7 Å². The van der Waals surface area contributed by atoms with Crippen LogP contribution in [0.2, 0.25) is 0 Å². The van der Waals surface area contributed by atoms with Gasteiger partial charge < -0.3 is 25.4 Å². The van der Waals surface area contributed by atoms with Crippen molar-refractivity contribution in [3.05, 3.63) is 77.9 Å². The Morgan fingerprint density at radius 3 is 2.19 bits per heavy atom. The van der Waals surface area contributed by atoms with E-state index in [9.17, 15) is 19.5 Å². The van der Waals surface area contributed by atoms with Crippen molar-refractivity contribution in [2.24, 2.45) is 0 Å². The highest BCUT2D eigenvalue weighted by atomic mass is 16.6. The van der Waals surface area contributed by atoms with Crippen LogP contribution in [0, 0.1) is 0 Å². The predicted molar refractivity (Wildman–Crippen MR) is 172 cm³/mol. The molecule has 0 aliphatic heterocycles. The number of fused-ring (bicyclic) bond motifs is 1. The molecule has 3 rings (SSSR count). The van der Waals surface area contributed by atoms with Crippen LogP contribution in [0.1, 0.15) is 83.9 Å². The zero-order chi connectivity index (χ0) is 31.4. The molecule has 2 unspecified atom stereocenters.